The number of fused-ring (bicyclic) bond motifs is 1. The second-order valence-corrected chi connectivity index (χ2v) is 6.56. The van der Waals surface area contributed by atoms with Crippen LogP contribution in [0.2, 0.25) is 0 Å². The van der Waals surface area contributed by atoms with Gasteiger partial charge in [-0.05, 0) is 35.7 Å². The Kier molecular flexibility index (Phi) is 4.60. The van der Waals surface area contributed by atoms with E-state index in [1.807, 2.05) is 48.5 Å². The first-order valence-electron chi connectivity index (χ1n) is 8.39. The van der Waals surface area contributed by atoms with Crippen LogP contribution in [0.15, 0.2) is 42.5 Å². The third-order valence-corrected chi connectivity index (χ3v) is 4.79. The Morgan fingerprint density at radius 3 is 2.58 bits per heavy atom. The SMILES string of the molecule is CC1(c2ccc3ccccc3c2)NC(=O)N(CC(C#N)CCC#N)C1=O. The molecule has 1 heterocycles. The lowest BCUT2D eigenvalue weighted by Gasteiger charge is -2.23. The molecule has 0 aliphatic carbocycles. The lowest BCUT2D eigenvalue weighted by Crippen LogP contribution is -2.41. The summed E-state index contributed by atoms with van der Waals surface area (Å²) >= 11 is 0. The summed E-state index contributed by atoms with van der Waals surface area (Å²) in [4.78, 5) is 26.4. The largest absolute Gasteiger partial charge is 0.325 e. The van der Waals surface area contributed by atoms with Crippen molar-refractivity contribution in [3.8, 4) is 12.1 Å². The van der Waals surface area contributed by atoms with Gasteiger partial charge in [0.05, 0.1) is 18.1 Å². The second kappa shape index (κ2) is 6.85. The van der Waals surface area contributed by atoms with Crippen LogP contribution in [0.1, 0.15) is 25.3 Å². The predicted octanol–water partition coefficient (Wildman–Crippen LogP) is 3.05. The van der Waals surface area contributed by atoms with Gasteiger partial charge in [0, 0.05) is 13.0 Å². The third kappa shape index (κ3) is 2.98. The van der Waals surface area contributed by atoms with Crippen LogP contribution in [-0.4, -0.2) is 23.4 Å². The molecule has 6 heteroatoms. The minimum Gasteiger partial charge on any atom is -0.319 e. The van der Waals surface area contributed by atoms with E-state index in [9.17, 15) is 14.9 Å². The highest BCUT2D eigenvalue weighted by Gasteiger charge is 2.49. The lowest BCUT2D eigenvalue weighted by molar-refractivity contribution is -0.131. The topological polar surface area (TPSA) is 97.0 Å². The molecule has 6 nitrogen and oxygen atoms in total. The molecule has 1 aliphatic heterocycles. The molecule has 1 N–H and O–H groups in total. The van der Waals surface area contributed by atoms with Crippen LogP contribution in [0, 0.1) is 28.6 Å². The van der Waals surface area contributed by atoms with E-state index in [1.54, 1.807) is 6.92 Å². The Balaban J connectivity index is 1.88. The first-order chi connectivity index (χ1) is 12.5. The number of amides is 3. The van der Waals surface area contributed by atoms with E-state index in [2.05, 4.69) is 11.4 Å². The summed E-state index contributed by atoms with van der Waals surface area (Å²) in [6.45, 7) is 1.67. The number of carbonyl (C=O) groups excluding carboxylic acids is 2. The van der Waals surface area contributed by atoms with E-state index in [-0.39, 0.29) is 18.9 Å². The minimum atomic E-state index is -1.17. The van der Waals surface area contributed by atoms with E-state index in [1.165, 1.54) is 0 Å². The zero-order valence-electron chi connectivity index (χ0n) is 14.4. The predicted molar refractivity (Wildman–Crippen MR) is 95.5 cm³/mol. The van der Waals surface area contributed by atoms with Crippen LogP contribution < -0.4 is 5.32 Å². The minimum absolute atomic E-state index is 0.00792. The monoisotopic (exact) mass is 346 g/mol. The van der Waals surface area contributed by atoms with Gasteiger partial charge in [-0.1, -0.05) is 36.4 Å². The average Bonchev–Trinajstić information content (AvgIpc) is 2.88. The quantitative estimate of drug-likeness (QED) is 0.841. The number of nitriles is 2. The smallest absolute Gasteiger partial charge is 0.319 e. The number of benzene rings is 2. The van der Waals surface area contributed by atoms with Crippen LogP contribution in [0.3, 0.4) is 0 Å². The highest BCUT2D eigenvalue weighted by molar-refractivity contribution is 6.07. The molecule has 0 radical (unpaired) electrons. The Bertz CT molecular complexity index is 956. The van der Waals surface area contributed by atoms with Gasteiger partial charge in [-0.15, -0.1) is 0 Å². The molecule has 3 rings (SSSR count). The first kappa shape index (κ1) is 17.4. The summed E-state index contributed by atoms with van der Waals surface area (Å²) < 4.78 is 0. The van der Waals surface area contributed by atoms with Crippen molar-refractivity contribution in [2.24, 2.45) is 5.92 Å². The van der Waals surface area contributed by atoms with Crippen molar-refractivity contribution in [1.82, 2.24) is 10.2 Å². The maximum Gasteiger partial charge on any atom is 0.325 e. The summed E-state index contributed by atoms with van der Waals surface area (Å²) in [7, 11) is 0. The summed E-state index contributed by atoms with van der Waals surface area (Å²) in [5.41, 5.74) is -0.473. The van der Waals surface area contributed by atoms with Crippen LogP contribution in [0.25, 0.3) is 10.8 Å². The fourth-order valence-electron chi connectivity index (χ4n) is 3.21. The van der Waals surface area contributed by atoms with Gasteiger partial charge in [0.15, 0.2) is 0 Å². The number of imide groups is 1. The number of rotatable bonds is 5. The molecule has 1 aliphatic rings. The molecule has 2 aromatic rings. The molecule has 2 aromatic carbocycles. The first-order valence-corrected chi connectivity index (χ1v) is 8.39. The standard InChI is InChI=1S/C20H18N4O2/c1-20(17-9-8-15-6-2-3-7-16(15)11-17)18(25)24(19(26)23-20)13-14(12-22)5-4-10-21/h2-3,6-9,11,14H,4-5,13H2,1H3,(H,23,26). The van der Waals surface area contributed by atoms with Gasteiger partial charge in [0.2, 0.25) is 0 Å². The van der Waals surface area contributed by atoms with Gasteiger partial charge in [0.25, 0.3) is 5.91 Å². The van der Waals surface area contributed by atoms with Crippen molar-refractivity contribution >= 4 is 22.7 Å². The highest BCUT2D eigenvalue weighted by Crippen LogP contribution is 2.31. The summed E-state index contributed by atoms with van der Waals surface area (Å²) in [5.74, 6) is -0.932. The molecule has 1 saturated heterocycles. The third-order valence-electron chi connectivity index (χ3n) is 4.79. The fraction of sp³-hybridized carbons (Fsp3) is 0.300. The van der Waals surface area contributed by atoms with E-state index >= 15 is 0 Å². The van der Waals surface area contributed by atoms with E-state index in [0.29, 0.717) is 12.0 Å². The zero-order chi connectivity index (χ0) is 18.7. The van der Waals surface area contributed by atoms with E-state index in [4.69, 9.17) is 5.26 Å². The molecule has 0 saturated carbocycles. The number of nitrogens with zero attached hydrogens (tertiary/aromatic N) is 3. The van der Waals surface area contributed by atoms with Crippen LogP contribution >= 0.6 is 0 Å². The molecule has 26 heavy (non-hydrogen) atoms. The molecular weight excluding hydrogens is 328 g/mol. The highest BCUT2D eigenvalue weighted by atomic mass is 16.2. The van der Waals surface area contributed by atoms with Crippen molar-refractivity contribution in [1.29, 1.82) is 10.5 Å². The van der Waals surface area contributed by atoms with Crippen LogP contribution in [0.5, 0.6) is 0 Å². The molecule has 0 aromatic heterocycles. The fourth-order valence-corrected chi connectivity index (χ4v) is 3.21. The van der Waals surface area contributed by atoms with Gasteiger partial charge in [-0.3, -0.25) is 9.69 Å². The van der Waals surface area contributed by atoms with Gasteiger partial charge < -0.3 is 5.32 Å². The molecule has 0 bridgehead atoms. The molecule has 1 fully saturated rings. The molecular formula is C20H18N4O2. The Labute approximate surface area is 151 Å². The van der Waals surface area contributed by atoms with E-state index in [0.717, 1.165) is 15.7 Å². The van der Waals surface area contributed by atoms with Crippen molar-refractivity contribution < 1.29 is 9.59 Å². The molecule has 2 atom stereocenters. The Morgan fingerprint density at radius 2 is 1.88 bits per heavy atom. The lowest BCUT2D eigenvalue weighted by atomic mass is 9.90. The molecule has 0 spiro atoms. The number of urea groups is 1. The van der Waals surface area contributed by atoms with Gasteiger partial charge in [-0.25, -0.2) is 4.79 Å². The number of hydrogen-bond donors (Lipinski definition) is 1. The van der Waals surface area contributed by atoms with E-state index < -0.39 is 17.5 Å². The van der Waals surface area contributed by atoms with Crippen LogP contribution in [-0.2, 0) is 10.3 Å². The number of carbonyl (C=O) groups is 2. The van der Waals surface area contributed by atoms with Crippen LogP contribution in [0.4, 0.5) is 4.79 Å². The maximum absolute atomic E-state index is 13.0. The average molecular weight is 346 g/mol. The second-order valence-electron chi connectivity index (χ2n) is 6.56. The molecule has 130 valence electrons. The summed E-state index contributed by atoms with van der Waals surface area (Å²) in [5, 5.41) is 22.7. The van der Waals surface area contributed by atoms with Gasteiger partial charge >= 0.3 is 6.03 Å². The van der Waals surface area contributed by atoms with Gasteiger partial charge in [-0.2, -0.15) is 10.5 Å². The normalized spacial score (nSPS) is 20.5. The Hall–Kier alpha value is -3.38. The van der Waals surface area contributed by atoms with Crippen molar-refractivity contribution in [2.75, 3.05) is 6.54 Å². The summed E-state index contributed by atoms with van der Waals surface area (Å²) in [6, 6.07) is 17.0. The summed E-state index contributed by atoms with van der Waals surface area (Å²) in [6.07, 6.45) is 0.542. The molecule has 2 unspecified atom stereocenters. The number of hydrogen-bond acceptors (Lipinski definition) is 4. The Morgan fingerprint density at radius 1 is 1.15 bits per heavy atom. The van der Waals surface area contributed by atoms with Crippen molar-refractivity contribution in [3.63, 3.8) is 0 Å². The van der Waals surface area contributed by atoms with Gasteiger partial charge in [0.1, 0.15) is 5.54 Å². The van der Waals surface area contributed by atoms with Crippen molar-refractivity contribution in [3.05, 3.63) is 48.0 Å². The zero-order valence-corrected chi connectivity index (χ0v) is 14.4. The maximum atomic E-state index is 13.0. The van der Waals surface area contributed by atoms with Crippen molar-refractivity contribution in [2.45, 2.75) is 25.3 Å². The molecule has 3 amide bonds. The number of nitrogens with one attached hydrogen (secondary N) is 1.